The van der Waals surface area contributed by atoms with Gasteiger partial charge in [0, 0.05) is 19.0 Å². The Morgan fingerprint density at radius 1 is 1.68 bits per heavy atom. The lowest BCUT2D eigenvalue weighted by atomic mass is 9.93. The number of aliphatic hydroxyl groups excluding tert-OH is 1. The van der Waals surface area contributed by atoms with Crippen molar-refractivity contribution < 1.29 is 9.90 Å². The molecule has 19 heavy (non-hydrogen) atoms. The summed E-state index contributed by atoms with van der Waals surface area (Å²) in [4.78, 5) is 19.3. The fourth-order valence-corrected chi connectivity index (χ4v) is 3.47. The third-order valence-electron chi connectivity index (χ3n) is 3.66. The van der Waals surface area contributed by atoms with Crippen molar-refractivity contribution in [3.8, 4) is 0 Å². The molecule has 1 saturated heterocycles. The normalized spacial score (nSPS) is 21.4. The molecule has 0 saturated carbocycles. The highest BCUT2D eigenvalue weighted by Crippen LogP contribution is 2.23. The molecule has 106 valence electrons. The first-order valence-corrected chi connectivity index (χ1v) is 7.85. The molecule has 0 bridgehead atoms. The van der Waals surface area contributed by atoms with E-state index in [1.165, 1.54) is 11.3 Å². The van der Waals surface area contributed by atoms with Crippen LogP contribution in [0.25, 0.3) is 0 Å². The lowest BCUT2D eigenvalue weighted by Gasteiger charge is -2.33. The first-order valence-electron chi connectivity index (χ1n) is 7.03. The van der Waals surface area contributed by atoms with Crippen molar-refractivity contribution in [2.45, 2.75) is 45.6 Å². The maximum absolute atomic E-state index is 12.4. The van der Waals surface area contributed by atoms with Crippen molar-refractivity contribution in [3.05, 3.63) is 16.1 Å². The van der Waals surface area contributed by atoms with Gasteiger partial charge in [0.1, 0.15) is 4.88 Å². The van der Waals surface area contributed by atoms with Crippen molar-refractivity contribution in [2.75, 3.05) is 13.1 Å². The second-order valence-corrected chi connectivity index (χ2v) is 6.38. The zero-order chi connectivity index (χ0) is 13.8. The molecule has 1 aromatic heterocycles. The Labute approximate surface area is 118 Å². The third-order valence-corrected chi connectivity index (χ3v) is 4.70. The van der Waals surface area contributed by atoms with Gasteiger partial charge in [-0.1, -0.05) is 6.92 Å². The topological polar surface area (TPSA) is 53.4 Å². The van der Waals surface area contributed by atoms with Crippen LogP contribution in [0.4, 0.5) is 0 Å². The van der Waals surface area contributed by atoms with E-state index in [0.717, 1.165) is 42.1 Å². The first-order chi connectivity index (χ1) is 9.11. The van der Waals surface area contributed by atoms with E-state index in [2.05, 4.69) is 11.9 Å². The van der Waals surface area contributed by atoms with Gasteiger partial charge in [-0.05, 0) is 32.6 Å². The minimum atomic E-state index is -0.340. The summed E-state index contributed by atoms with van der Waals surface area (Å²) in [5.74, 6) is 0.283. The molecule has 5 heteroatoms. The number of amides is 1. The molecule has 2 unspecified atom stereocenters. The van der Waals surface area contributed by atoms with E-state index in [-0.39, 0.29) is 17.9 Å². The molecule has 1 N–H and O–H groups in total. The fraction of sp³-hybridized carbons (Fsp3) is 0.714. The number of carbonyl (C=O) groups excluding carboxylic acids is 1. The van der Waals surface area contributed by atoms with Crippen LogP contribution < -0.4 is 0 Å². The molecule has 0 spiro atoms. The van der Waals surface area contributed by atoms with E-state index in [1.807, 2.05) is 11.8 Å². The van der Waals surface area contributed by atoms with E-state index in [9.17, 15) is 9.90 Å². The van der Waals surface area contributed by atoms with Gasteiger partial charge >= 0.3 is 0 Å². The van der Waals surface area contributed by atoms with E-state index in [1.54, 1.807) is 6.20 Å². The average Bonchev–Trinajstić information content (AvgIpc) is 2.87. The van der Waals surface area contributed by atoms with Crippen LogP contribution in [0.5, 0.6) is 0 Å². The van der Waals surface area contributed by atoms with Crippen LogP contribution in [0.15, 0.2) is 6.20 Å². The summed E-state index contributed by atoms with van der Waals surface area (Å²) in [7, 11) is 0. The zero-order valence-corrected chi connectivity index (χ0v) is 12.4. The van der Waals surface area contributed by atoms with E-state index >= 15 is 0 Å². The Morgan fingerprint density at radius 3 is 3.16 bits per heavy atom. The fourth-order valence-electron chi connectivity index (χ4n) is 2.48. The smallest absolute Gasteiger partial charge is 0.265 e. The SMILES string of the molecule is CCCc1ncc(C(=O)N2CCCC(C(C)O)C2)s1. The van der Waals surface area contributed by atoms with E-state index in [0.29, 0.717) is 6.54 Å². The molecule has 2 atom stereocenters. The molecule has 1 aromatic rings. The van der Waals surface area contributed by atoms with Crippen LogP contribution in [0.2, 0.25) is 0 Å². The highest BCUT2D eigenvalue weighted by atomic mass is 32.1. The second-order valence-electron chi connectivity index (χ2n) is 5.26. The molecule has 1 aliphatic heterocycles. The number of aromatic nitrogens is 1. The van der Waals surface area contributed by atoms with Gasteiger partial charge in [0.15, 0.2) is 0 Å². The number of likely N-dealkylation sites (tertiary alicyclic amines) is 1. The number of piperidine rings is 1. The first kappa shape index (κ1) is 14.5. The van der Waals surface area contributed by atoms with E-state index < -0.39 is 0 Å². The standard InChI is InChI=1S/C14H22N2O2S/c1-3-5-13-15-8-12(19-13)14(18)16-7-4-6-11(9-16)10(2)17/h8,10-11,17H,3-7,9H2,1-2H3. The Bertz CT molecular complexity index is 431. The summed E-state index contributed by atoms with van der Waals surface area (Å²) in [5.41, 5.74) is 0. The highest BCUT2D eigenvalue weighted by Gasteiger charge is 2.27. The van der Waals surface area contributed by atoms with Gasteiger partial charge in [-0.25, -0.2) is 4.98 Å². The molecule has 0 aliphatic carbocycles. The van der Waals surface area contributed by atoms with Gasteiger partial charge < -0.3 is 10.0 Å². The predicted octanol–water partition coefficient (Wildman–Crippen LogP) is 2.33. The summed E-state index contributed by atoms with van der Waals surface area (Å²) < 4.78 is 0. The molecule has 2 heterocycles. The molecule has 2 rings (SSSR count). The number of hydrogen-bond donors (Lipinski definition) is 1. The van der Waals surface area contributed by atoms with Crippen molar-refractivity contribution in [1.82, 2.24) is 9.88 Å². The summed E-state index contributed by atoms with van der Waals surface area (Å²) in [6, 6.07) is 0. The van der Waals surface area contributed by atoms with Gasteiger partial charge in [0.2, 0.25) is 0 Å². The number of rotatable bonds is 4. The Hall–Kier alpha value is -0.940. The number of aliphatic hydroxyl groups is 1. The maximum atomic E-state index is 12.4. The molecular weight excluding hydrogens is 260 g/mol. The van der Waals surface area contributed by atoms with Crippen LogP contribution in [0.3, 0.4) is 0 Å². The van der Waals surface area contributed by atoms with Gasteiger partial charge in [-0.2, -0.15) is 0 Å². The number of nitrogens with zero attached hydrogens (tertiary/aromatic N) is 2. The monoisotopic (exact) mass is 282 g/mol. The zero-order valence-electron chi connectivity index (χ0n) is 11.6. The summed E-state index contributed by atoms with van der Waals surface area (Å²) in [6.07, 6.45) is 5.33. The van der Waals surface area contributed by atoms with Gasteiger partial charge in [-0.15, -0.1) is 11.3 Å². The summed E-state index contributed by atoms with van der Waals surface area (Å²) >= 11 is 1.50. The van der Waals surface area contributed by atoms with Crippen LogP contribution in [0, 0.1) is 5.92 Å². The summed E-state index contributed by atoms with van der Waals surface area (Å²) in [5, 5.41) is 10.7. The predicted molar refractivity (Wildman–Crippen MR) is 76.4 cm³/mol. The lowest BCUT2D eigenvalue weighted by molar-refractivity contribution is 0.0469. The molecule has 0 aromatic carbocycles. The van der Waals surface area contributed by atoms with Crippen molar-refractivity contribution in [3.63, 3.8) is 0 Å². The van der Waals surface area contributed by atoms with E-state index in [4.69, 9.17) is 0 Å². The minimum Gasteiger partial charge on any atom is -0.393 e. The maximum Gasteiger partial charge on any atom is 0.265 e. The third kappa shape index (κ3) is 3.54. The largest absolute Gasteiger partial charge is 0.393 e. The molecule has 0 radical (unpaired) electrons. The summed E-state index contributed by atoms with van der Waals surface area (Å²) in [6.45, 7) is 5.38. The van der Waals surface area contributed by atoms with Gasteiger partial charge in [0.05, 0.1) is 17.3 Å². The number of aryl methyl sites for hydroxylation is 1. The molecule has 4 nitrogen and oxygen atoms in total. The van der Waals surface area contributed by atoms with Crippen molar-refractivity contribution in [2.24, 2.45) is 5.92 Å². The number of carbonyl (C=O) groups is 1. The highest BCUT2D eigenvalue weighted by molar-refractivity contribution is 7.13. The van der Waals surface area contributed by atoms with Crippen LogP contribution in [-0.4, -0.2) is 40.1 Å². The van der Waals surface area contributed by atoms with Crippen LogP contribution in [-0.2, 0) is 6.42 Å². The Morgan fingerprint density at radius 2 is 2.47 bits per heavy atom. The van der Waals surface area contributed by atoms with Gasteiger partial charge in [0.25, 0.3) is 5.91 Å². The molecule has 1 fully saturated rings. The second kappa shape index (κ2) is 6.48. The van der Waals surface area contributed by atoms with Gasteiger partial charge in [-0.3, -0.25) is 4.79 Å². The molecule has 1 amide bonds. The minimum absolute atomic E-state index is 0.0743. The van der Waals surface area contributed by atoms with Crippen molar-refractivity contribution in [1.29, 1.82) is 0 Å². The van der Waals surface area contributed by atoms with Crippen LogP contribution in [0.1, 0.15) is 47.8 Å². The number of thiazole rings is 1. The Balaban J connectivity index is 2.01. The van der Waals surface area contributed by atoms with Crippen LogP contribution >= 0.6 is 11.3 Å². The lowest BCUT2D eigenvalue weighted by Crippen LogP contribution is -2.42. The molecule has 1 aliphatic rings. The quantitative estimate of drug-likeness (QED) is 0.922. The Kier molecular flexibility index (Phi) is 4.93. The van der Waals surface area contributed by atoms with Crippen molar-refractivity contribution >= 4 is 17.2 Å². The average molecular weight is 282 g/mol. The number of hydrogen-bond acceptors (Lipinski definition) is 4. The molecular formula is C14H22N2O2S.